The van der Waals surface area contributed by atoms with Gasteiger partial charge in [-0.3, -0.25) is 4.79 Å². The fourth-order valence-electron chi connectivity index (χ4n) is 2.31. The number of benzene rings is 2. The first kappa shape index (κ1) is 14.1. The van der Waals surface area contributed by atoms with Crippen LogP contribution in [0.2, 0.25) is 0 Å². The van der Waals surface area contributed by atoms with Crippen LogP contribution in [0, 0.1) is 12.3 Å². The van der Waals surface area contributed by atoms with Gasteiger partial charge in [0.25, 0.3) is 0 Å². The van der Waals surface area contributed by atoms with Crippen LogP contribution in [-0.2, 0) is 11.2 Å². The number of terminal acetylenes is 1. The molecule has 0 unspecified atom stereocenters. The molecule has 0 aliphatic heterocycles. The van der Waals surface area contributed by atoms with Crippen LogP contribution in [0.15, 0.2) is 42.5 Å². The smallest absolute Gasteiger partial charge is 0.227 e. The van der Waals surface area contributed by atoms with Crippen molar-refractivity contribution in [3.8, 4) is 12.3 Å². The zero-order chi connectivity index (χ0) is 14.4. The molecular formula is C18H19NO. The highest BCUT2D eigenvalue weighted by molar-refractivity contribution is 5.85. The van der Waals surface area contributed by atoms with Crippen LogP contribution in [-0.4, -0.2) is 23.9 Å². The van der Waals surface area contributed by atoms with Crippen molar-refractivity contribution in [3.63, 3.8) is 0 Å². The second-order valence-electron chi connectivity index (χ2n) is 4.88. The Morgan fingerprint density at radius 3 is 2.65 bits per heavy atom. The molecule has 0 fully saturated rings. The minimum Gasteiger partial charge on any atom is -0.331 e. The normalized spacial score (nSPS) is 10.2. The van der Waals surface area contributed by atoms with Crippen LogP contribution >= 0.6 is 0 Å². The van der Waals surface area contributed by atoms with Gasteiger partial charge >= 0.3 is 0 Å². The Balaban J connectivity index is 2.14. The molecule has 0 N–H and O–H groups in total. The second-order valence-corrected chi connectivity index (χ2v) is 4.88. The quantitative estimate of drug-likeness (QED) is 0.760. The number of carbonyl (C=O) groups is 1. The van der Waals surface area contributed by atoms with Crippen LogP contribution < -0.4 is 0 Å². The Hall–Kier alpha value is -2.27. The lowest BCUT2D eigenvalue weighted by Crippen LogP contribution is -2.33. The van der Waals surface area contributed by atoms with E-state index < -0.39 is 0 Å². The molecule has 0 spiro atoms. The van der Waals surface area contributed by atoms with Gasteiger partial charge in [-0.2, -0.15) is 0 Å². The first-order valence-electron chi connectivity index (χ1n) is 6.93. The molecule has 0 aromatic heterocycles. The monoisotopic (exact) mass is 265 g/mol. The van der Waals surface area contributed by atoms with Gasteiger partial charge in [0.1, 0.15) is 0 Å². The van der Waals surface area contributed by atoms with Gasteiger partial charge in [-0.15, -0.1) is 6.42 Å². The maximum Gasteiger partial charge on any atom is 0.227 e. The van der Waals surface area contributed by atoms with E-state index in [2.05, 4.69) is 30.2 Å². The molecule has 0 saturated heterocycles. The first-order chi connectivity index (χ1) is 9.74. The van der Waals surface area contributed by atoms with E-state index in [-0.39, 0.29) is 5.91 Å². The van der Waals surface area contributed by atoms with Crippen LogP contribution in [0.5, 0.6) is 0 Å². The molecule has 20 heavy (non-hydrogen) atoms. The molecule has 2 rings (SSSR count). The van der Waals surface area contributed by atoms with Crippen LogP contribution in [0.4, 0.5) is 0 Å². The molecule has 102 valence electrons. The van der Waals surface area contributed by atoms with Gasteiger partial charge in [-0.1, -0.05) is 55.3 Å². The summed E-state index contributed by atoms with van der Waals surface area (Å²) in [6.45, 7) is 3.16. The van der Waals surface area contributed by atoms with Gasteiger partial charge in [0.2, 0.25) is 5.91 Å². The predicted octanol–water partition coefficient (Wildman–Crippen LogP) is 3.25. The topological polar surface area (TPSA) is 20.3 Å². The molecule has 0 heterocycles. The second kappa shape index (κ2) is 6.77. The van der Waals surface area contributed by atoms with E-state index in [1.807, 2.05) is 25.1 Å². The van der Waals surface area contributed by atoms with Crippen LogP contribution in [0.1, 0.15) is 18.9 Å². The minimum absolute atomic E-state index is 0.0973. The van der Waals surface area contributed by atoms with E-state index in [1.54, 1.807) is 4.90 Å². The van der Waals surface area contributed by atoms with Gasteiger partial charge in [0.15, 0.2) is 0 Å². The number of carbonyl (C=O) groups excluding carboxylic acids is 1. The third-order valence-electron chi connectivity index (χ3n) is 3.30. The van der Waals surface area contributed by atoms with E-state index in [0.717, 1.165) is 23.9 Å². The highest BCUT2D eigenvalue weighted by Gasteiger charge is 2.12. The summed E-state index contributed by atoms with van der Waals surface area (Å²) in [5.41, 5.74) is 1.03. The Kier molecular flexibility index (Phi) is 4.79. The fraction of sp³-hybridized carbons (Fsp3) is 0.278. The van der Waals surface area contributed by atoms with Crippen molar-refractivity contribution in [2.45, 2.75) is 19.8 Å². The first-order valence-corrected chi connectivity index (χ1v) is 6.93. The largest absolute Gasteiger partial charge is 0.331 e. The zero-order valence-electron chi connectivity index (χ0n) is 11.8. The fourth-order valence-corrected chi connectivity index (χ4v) is 2.31. The summed E-state index contributed by atoms with van der Waals surface area (Å²) in [5, 5.41) is 2.36. The molecule has 0 bridgehead atoms. The number of amides is 1. The molecular weight excluding hydrogens is 246 g/mol. The average molecular weight is 265 g/mol. The molecule has 0 aliphatic carbocycles. The Bertz CT molecular complexity index is 639. The number of hydrogen-bond donors (Lipinski definition) is 0. The molecule has 0 saturated carbocycles. The zero-order valence-corrected chi connectivity index (χ0v) is 11.8. The molecule has 2 heteroatoms. The van der Waals surface area contributed by atoms with E-state index in [9.17, 15) is 4.79 Å². The molecule has 0 aliphatic rings. The molecule has 0 radical (unpaired) electrons. The van der Waals surface area contributed by atoms with E-state index >= 15 is 0 Å². The van der Waals surface area contributed by atoms with Crippen molar-refractivity contribution in [2.75, 3.05) is 13.1 Å². The van der Waals surface area contributed by atoms with Crippen molar-refractivity contribution < 1.29 is 4.79 Å². The van der Waals surface area contributed by atoms with Gasteiger partial charge in [0.05, 0.1) is 13.0 Å². The lowest BCUT2D eigenvalue weighted by molar-refractivity contribution is -0.129. The lowest BCUT2D eigenvalue weighted by atomic mass is 10.0. The summed E-state index contributed by atoms with van der Waals surface area (Å²) in [6.07, 6.45) is 6.65. The lowest BCUT2D eigenvalue weighted by Gasteiger charge is -2.19. The predicted molar refractivity (Wildman–Crippen MR) is 83.4 cm³/mol. The third kappa shape index (κ3) is 3.39. The van der Waals surface area contributed by atoms with Gasteiger partial charge in [0, 0.05) is 6.54 Å². The SMILES string of the molecule is C#CCN(CCC)C(=O)Cc1ccc2ccccc2c1. The summed E-state index contributed by atoms with van der Waals surface area (Å²) in [7, 11) is 0. The molecule has 1 amide bonds. The summed E-state index contributed by atoms with van der Waals surface area (Å²) in [4.78, 5) is 14.0. The van der Waals surface area contributed by atoms with Crippen LogP contribution in [0.3, 0.4) is 0 Å². The average Bonchev–Trinajstić information content (AvgIpc) is 2.47. The number of rotatable bonds is 5. The van der Waals surface area contributed by atoms with Crippen molar-refractivity contribution >= 4 is 16.7 Å². The van der Waals surface area contributed by atoms with Crippen molar-refractivity contribution in [1.82, 2.24) is 4.90 Å². The highest BCUT2D eigenvalue weighted by Crippen LogP contribution is 2.16. The number of nitrogens with zero attached hydrogens (tertiary/aromatic N) is 1. The summed E-state index contributed by atoms with van der Waals surface area (Å²) in [5.74, 6) is 2.65. The number of hydrogen-bond acceptors (Lipinski definition) is 1. The van der Waals surface area contributed by atoms with Gasteiger partial charge < -0.3 is 4.90 Å². The van der Waals surface area contributed by atoms with Crippen molar-refractivity contribution in [1.29, 1.82) is 0 Å². The summed E-state index contributed by atoms with van der Waals surface area (Å²) in [6, 6.07) is 14.3. The standard InChI is InChI=1S/C18H19NO/c1-3-11-19(12-4-2)18(20)14-15-9-10-16-7-5-6-8-17(16)13-15/h1,5-10,13H,4,11-12,14H2,2H3. The highest BCUT2D eigenvalue weighted by atomic mass is 16.2. The molecule has 2 nitrogen and oxygen atoms in total. The third-order valence-corrected chi connectivity index (χ3v) is 3.30. The Labute approximate surface area is 120 Å². The Morgan fingerprint density at radius 2 is 1.95 bits per heavy atom. The number of fused-ring (bicyclic) bond motifs is 1. The van der Waals surface area contributed by atoms with E-state index in [0.29, 0.717) is 13.0 Å². The minimum atomic E-state index is 0.0973. The molecule has 2 aromatic carbocycles. The van der Waals surface area contributed by atoms with Crippen molar-refractivity contribution in [3.05, 3.63) is 48.0 Å². The maximum absolute atomic E-state index is 12.3. The van der Waals surface area contributed by atoms with Crippen molar-refractivity contribution in [2.24, 2.45) is 0 Å². The Morgan fingerprint density at radius 1 is 1.20 bits per heavy atom. The van der Waals surface area contributed by atoms with Gasteiger partial charge in [-0.25, -0.2) is 0 Å². The van der Waals surface area contributed by atoms with E-state index in [1.165, 1.54) is 5.39 Å². The maximum atomic E-state index is 12.3. The van der Waals surface area contributed by atoms with E-state index in [4.69, 9.17) is 6.42 Å². The molecule has 2 aromatic rings. The summed E-state index contributed by atoms with van der Waals surface area (Å²) >= 11 is 0. The molecule has 0 atom stereocenters. The summed E-state index contributed by atoms with van der Waals surface area (Å²) < 4.78 is 0. The van der Waals surface area contributed by atoms with Crippen LogP contribution in [0.25, 0.3) is 10.8 Å². The van der Waals surface area contributed by atoms with Gasteiger partial charge in [-0.05, 0) is 22.8 Å².